The lowest BCUT2D eigenvalue weighted by Crippen LogP contribution is -2.64. The third kappa shape index (κ3) is 2.09. The van der Waals surface area contributed by atoms with Gasteiger partial charge in [0.1, 0.15) is 11.1 Å². The third-order valence-corrected chi connectivity index (χ3v) is 5.17. The first kappa shape index (κ1) is 13.5. The maximum absolute atomic E-state index is 11.6. The fourth-order valence-corrected chi connectivity index (χ4v) is 4.17. The van der Waals surface area contributed by atoms with E-state index in [2.05, 4.69) is 10.2 Å². The highest BCUT2D eigenvalue weighted by Gasteiger charge is 2.52. The van der Waals surface area contributed by atoms with Crippen molar-refractivity contribution in [1.29, 1.82) is 0 Å². The highest BCUT2D eigenvalue weighted by molar-refractivity contribution is 8.01. The number of carbonyl (C=O) groups is 2. The summed E-state index contributed by atoms with van der Waals surface area (Å²) >= 11 is 2.55. The summed E-state index contributed by atoms with van der Waals surface area (Å²) in [4.78, 5) is 24.1. The van der Waals surface area contributed by atoms with E-state index in [9.17, 15) is 19.8 Å². The molecule has 1 amide bonds. The molecule has 20 heavy (non-hydrogen) atoms. The summed E-state index contributed by atoms with van der Waals surface area (Å²) < 4.78 is 4.96. The number of hydrogen-bond donors (Lipinski definition) is 2. The standard InChI is InChI=1S/C10H9N3O5S2/c14-6-7(15)13-5(9(16)17)4(1-19-8(6)13)2-20-10-12-11-3-18-10/h3,6,8,14H,1-2H2,(H,16,17)/t6-,8+/m1/s1. The monoisotopic (exact) mass is 315 g/mol. The van der Waals surface area contributed by atoms with E-state index in [4.69, 9.17) is 4.42 Å². The molecule has 0 aliphatic carbocycles. The van der Waals surface area contributed by atoms with Gasteiger partial charge < -0.3 is 14.6 Å². The van der Waals surface area contributed by atoms with Crippen LogP contribution >= 0.6 is 23.5 Å². The number of carboxylic acids is 1. The van der Waals surface area contributed by atoms with Crippen LogP contribution in [0.1, 0.15) is 0 Å². The molecule has 0 radical (unpaired) electrons. The van der Waals surface area contributed by atoms with Crippen LogP contribution in [0.15, 0.2) is 27.3 Å². The molecule has 3 rings (SSSR count). The van der Waals surface area contributed by atoms with Gasteiger partial charge in [0.15, 0.2) is 6.10 Å². The third-order valence-electron chi connectivity index (χ3n) is 2.93. The summed E-state index contributed by atoms with van der Waals surface area (Å²) in [6.07, 6.45) is 0.0787. The van der Waals surface area contributed by atoms with Gasteiger partial charge in [-0.05, 0) is 5.57 Å². The van der Waals surface area contributed by atoms with E-state index in [1.54, 1.807) is 0 Å². The van der Waals surface area contributed by atoms with Crippen molar-refractivity contribution in [3.8, 4) is 0 Å². The molecule has 0 aromatic carbocycles. The normalized spacial score (nSPS) is 25.4. The Morgan fingerprint density at radius 1 is 1.65 bits per heavy atom. The molecule has 106 valence electrons. The Balaban J connectivity index is 1.82. The van der Waals surface area contributed by atoms with Gasteiger partial charge in [-0.25, -0.2) is 4.79 Å². The van der Waals surface area contributed by atoms with Gasteiger partial charge >= 0.3 is 5.97 Å². The molecule has 2 aliphatic heterocycles. The highest BCUT2D eigenvalue weighted by Crippen LogP contribution is 2.41. The van der Waals surface area contributed by atoms with E-state index >= 15 is 0 Å². The molecular formula is C10H9N3O5S2. The second-order valence-corrected chi connectivity index (χ2v) is 6.14. The molecule has 1 aromatic heterocycles. The zero-order chi connectivity index (χ0) is 14.3. The molecule has 0 bridgehead atoms. The first-order valence-corrected chi connectivity index (χ1v) is 7.60. The minimum atomic E-state index is -1.17. The maximum atomic E-state index is 11.6. The summed E-state index contributed by atoms with van der Waals surface area (Å²) in [5.41, 5.74) is 0.554. The van der Waals surface area contributed by atoms with Crippen molar-refractivity contribution in [1.82, 2.24) is 15.1 Å². The zero-order valence-corrected chi connectivity index (χ0v) is 11.6. The van der Waals surface area contributed by atoms with Crippen LogP contribution in [0, 0.1) is 0 Å². The van der Waals surface area contributed by atoms with Crippen molar-refractivity contribution < 1.29 is 24.2 Å². The van der Waals surface area contributed by atoms with Crippen LogP contribution in [-0.2, 0) is 9.59 Å². The van der Waals surface area contributed by atoms with Crippen LogP contribution in [0.4, 0.5) is 0 Å². The van der Waals surface area contributed by atoms with Crippen LogP contribution in [0.25, 0.3) is 0 Å². The summed E-state index contributed by atoms with van der Waals surface area (Å²) in [6.45, 7) is 0. The van der Waals surface area contributed by atoms with Gasteiger partial charge in [-0.2, -0.15) is 0 Å². The number of aliphatic hydroxyl groups excluding tert-OH is 1. The number of amides is 1. The fourth-order valence-electron chi connectivity index (χ4n) is 2.02. The molecule has 2 atom stereocenters. The van der Waals surface area contributed by atoms with Crippen LogP contribution in [0.2, 0.25) is 0 Å². The molecule has 3 heterocycles. The number of rotatable bonds is 4. The number of nitrogens with zero attached hydrogens (tertiary/aromatic N) is 3. The second-order valence-electron chi connectivity index (χ2n) is 4.11. The lowest BCUT2D eigenvalue weighted by atomic mass is 10.1. The predicted octanol–water partition coefficient (Wildman–Crippen LogP) is -0.224. The number of aromatic nitrogens is 2. The number of carboxylic acid groups (broad SMARTS) is 1. The van der Waals surface area contributed by atoms with Gasteiger partial charge in [0.05, 0.1) is 0 Å². The number of thioether (sulfide) groups is 2. The Bertz CT molecular complexity index is 588. The Kier molecular flexibility index (Phi) is 3.44. The quantitative estimate of drug-likeness (QED) is 0.574. The molecular weight excluding hydrogens is 306 g/mol. The number of hydrogen-bond acceptors (Lipinski definition) is 8. The molecule has 0 unspecified atom stereocenters. The number of carbonyl (C=O) groups excluding carboxylic acids is 1. The van der Waals surface area contributed by atoms with E-state index in [0.717, 1.165) is 4.90 Å². The fraction of sp³-hybridized carbons (Fsp3) is 0.400. The molecule has 2 N–H and O–H groups in total. The number of aliphatic hydroxyl groups is 1. The molecule has 1 aromatic rings. The van der Waals surface area contributed by atoms with E-state index in [1.165, 1.54) is 29.9 Å². The van der Waals surface area contributed by atoms with Crippen molar-refractivity contribution in [3.63, 3.8) is 0 Å². The molecule has 8 nitrogen and oxygen atoms in total. The maximum Gasteiger partial charge on any atom is 0.352 e. The largest absolute Gasteiger partial charge is 0.477 e. The average molecular weight is 315 g/mol. The van der Waals surface area contributed by atoms with Crippen LogP contribution in [-0.4, -0.2) is 60.2 Å². The smallest absolute Gasteiger partial charge is 0.352 e. The zero-order valence-electron chi connectivity index (χ0n) is 9.92. The molecule has 10 heteroatoms. The molecule has 1 saturated heterocycles. The number of fused-ring (bicyclic) bond motifs is 1. The minimum absolute atomic E-state index is 0.0453. The highest BCUT2D eigenvalue weighted by atomic mass is 32.2. The van der Waals surface area contributed by atoms with Gasteiger partial charge in [0.25, 0.3) is 11.1 Å². The Labute approximate surface area is 121 Å². The first-order chi connectivity index (χ1) is 9.59. The van der Waals surface area contributed by atoms with Crippen LogP contribution < -0.4 is 0 Å². The number of aliphatic carboxylic acids is 1. The van der Waals surface area contributed by atoms with Crippen LogP contribution in [0.3, 0.4) is 0 Å². The van der Waals surface area contributed by atoms with Crippen molar-refractivity contribution in [2.75, 3.05) is 11.5 Å². The van der Waals surface area contributed by atoms with Crippen molar-refractivity contribution >= 4 is 35.4 Å². The van der Waals surface area contributed by atoms with E-state index in [1.807, 2.05) is 0 Å². The van der Waals surface area contributed by atoms with Crippen molar-refractivity contribution in [2.24, 2.45) is 0 Å². The van der Waals surface area contributed by atoms with Crippen molar-refractivity contribution in [2.45, 2.75) is 16.7 Å². The second kappa shape index (κ2) is 5.11. The average Bonchev–Trinajstić information content (AvgIpc) is 2.96. The summed E-state index contributed by atoms with van der Waals surface area (Å²) in [5.74, 6) is -0.964. The summed E-state index contributed by atoms with van der Waals surface area (Å²) in [5, 5.41) is 25.9. The summed E-state index contributed by atoms with van der Waals surface area (Å²) in [6, 6.07) is 0. The van der Waals surface area contributed by atoms with E-state index in [0.29, 0.717) is 22.3 Å². The summed E-state index contributed by atoms with van der Waals surface area (Å²) in [7, 11) is 0. The SMILES string of the molecule is O=C(O)C1=C(CSc2nnco2)CS[C@H]2[C@H](O)C(=O)N12. The molecule has 0 saturated carbocycles. The Hall–Kier alpha value is -1.52. The van der Waals surface area contributed by atoms with Crippen molar-refractivity contribution in [3.05, 3.63) is 17.7 Å². The lowest BCUT2D eigenvalue weighted by molar-refractivity contribution is -0.159. The minimum Gasteiger partial charge on any atom is -0.477 e. The van der Waals surface area contributed by atoms with E-state index in [-0.39, 0.29) is 5.70 Å². The lowest BCUT2D eigenvalue weighted by Gasteiger charge is -2.47. The Morgan fingerprint density at radius 3 is 3.10 bits per heavy atom. The Morgan fingerprint density at radius 2 is 2.45 bits per heavy atom. The predicted molar refractivity (Wildman–Crippen MR) is 68.8 cm³/mol. The van der Waals surface area contributed by atoms with Gasteiger partial charge in [0, 0.05) is 11.5 Å². The molecule has 1 fully saturated rings. The topological polar surface area (TPSA) is 117 Å². The van der Waals surface area contributed by atoms with Crippen LogP contribution in [0.5, 0.6) is 0 Å². The first-order valence-electron chi connectivity index (χ1n) is 5.56. The van der Waals surface area contributed by atoms with Gasteiger partial charge in [-0.15, -0.1) is 22.0 Å². The van der Waals surface area contributed by atoms with Gasteiger partial charge in [-0.3, -0.25) is 9.69 Å². The van der Waals surface area contributed by atoms with E-state index < -0.39 is 23.4 Å². The van der Waals surface area contributed by atoms with Gasteiger partial charge in [-0.1, -0.05) is 11.8 Å². The number of β-lactam (4-membered cyclic amide) rings is 1. The van der Waals surface area contributed by atoms with Gasteiger partial charge in [0.2, 0.25) is 6.39 Å². The molecule has 0 spiro atoms. The molecule has 2 aliphatic rings.